The van der Waals surface area contributed by atoms with Gasteiger partial charge in [0.15, 0.2) is 0 Å². The summed E-state index contributed by atoms with van der Waals surface area (Å²) in [6, 6.07) is 11.0. The maximum atomic E-state index is 4.70. The van der Waals surface area contributed by atoms with Gasteiger partial charge in [0.25, 0.3) is 0 Å². The molecular weight excluding hydrogens is 286 g/mol. The first-order valence-corrected chi connectivity index (χ1v) is 8.21. The van der Waals surface area contributed by atoms with E-state index in [1.54, 1.807) is 0 Å². The van der Waals surface area contributed by atoms with Crippen molar-refractivity contribution in [2.75, 3.05) is 43.9 Å². The molecule has 23 heavy (non-hydrogen) atoms. The van der Waals surface area contributed by atoms with Crippen molar-refractivity contribution in [1.82, 2.24) is 14.9 Å². The van der Waals surface area contributed by atoms with Gasteiger partial charge in [-0.05, 0) is 44.6 Å². The zero-order chi connectivity index (χ0) is 16.2. The third-order valence-electron chi connectivity index (χ3n) is 4.37. The van der Waals surface area contributed by atoms with Gasteiger partial charge in [-0.2, -0.15) is 4.98 Å². The zero-order valence-electron chi connectivity index (χ0n) is 14.2. The van der Waals surface area contributed by atoms with E-state index in [4.69, 9.17) is 4.98 Å². The van der Waals surface area contributed by atoms with E-state index in [9.17, 15) is 0 Å². The minimum atomic E-state index is 0.337. The molecule has 0 amide bonds. The van der Waals surface area contributed by atoms with Gasteiger partial charge in [-0.1, -0.05) is 24.3 Å². The molecule has 2 heterocycles. The summed E-state index contributed by atoms with van der Waals surface area (Å²) in [5, 5.41) is 3.30. The number of fused-ring (bicyclic) bond motifs is 1. The van der Waals surface area contributed by atoms with E-state index in [-0.39, 0.29) is 0 Å². The van der Waals surface area contributed by atoms with Gasteiger partial charge < -0.3 is 15.1 Å². The SMILES string of the molecule is C[C@H]1c2ccccc2CCN1c1ccnc(NCCN(C)C)n1. The van der Waals surface area contributed by atoms with Crippen LogP contribution in [0, 0.1) is 0 Å². The summed E-state index contributed by atoms with van der Waals surface area (Å²) in [5.41, 5.74) is 2.86. The maximum Gasteiger partial charge on any atom is 0.224 e. The molecule has 122 valence electrons. The molecule has 0 fully saturated rings. The summed E-state index contributed by atoms with van der Waals surface area (Å²) in [6.07, 6.45) is 2.90. The Morgan fingerprint density at radius 3 is 2.91 bits per heavy atom. The Morgan fingerprint density at radius 2 is 2.09 bits per heavy atom. The number of rotatable bonds is 5. The molecule has 1 N–H and O–H groups in total. The second-order valence-corrected chi connectivity index (χ2v) is 6.29. The van der Waals surface area contributed by atoms with E-state index in [1.807, 2.05) is 12.3 Å². The fourth-order valence-electron chi connectivity index (χ4n) is 3.07. The van der Waals surface area contributed by atoms with Crippen LogP contribution in [0.4, 0.5) is 11.8 Å². The molecule has 2 aromatic rings. The van der Waals surface area contributed by atoms with Crippen molar-refractivity contribution in [1.29, 1.82) is 0 Å². The van der Waals surface area contributed by atoms with Gasteiger partial charge in [0.2, 0.25) is 5.95 Å². The Labute approximate surface area is 138 Å². The van der Waals surface area contributed by atoms with Crippen LogP contribution >= 0.6 is 0 Å². The number of benzene rings is 1. The molecule has 5 heteroatoms. The number of anilines is 2. The van der Waals surface area contributed by atoms with Gasteiger partial charge >= 0.3 is 0 Å². The standard InChI is InChI=1S/C18H25N5/c1-14-16-7-5-4-6-15(16)9-12-23(14)17-8-10-19-18(21-17)20-11-13-22(2)3/h4-8,10,14H,9,11-13H2,1-3H3,(H,19,20,21)/t14-/m0/s1. The molecule has 0 unspecified atom stereocenters. The summed E-state index contributed by atoms with van der Waals surface area (Å²) >= 11 is 0. The van der Waals surface area contributed by atoms with Crippen molar-refractivity contribution in [2.45, 2.75) is 19.4 Å². The molecule has 3 rings (SSSR count). The van der Waals surface area contributed by atoms with Crippen molar-refractivity contribution in [2.24, 2.45) is 0 Å². The first-order chi connectivity index (χ1) is 11.1. The van der Waals surface area contributed by atoms with Crippen LogP contribution in [0.15, 0.2) is 36.5 Å². The van der Waals surface area contributed by atoms with Gasteiger partial charge in [-0.25, -0.2) is 4.98 Å². The lowest BCUT2D eigenvalue weighted by atomic mass is 9.94. The van der Waals surface area contributed by atoms with E-state index in [0.29, 0.717) is 12.0 Å². The Kier molecular flexibility index (Phi) is 4.76. The minimum absolute atomic E-state index is 0.337. The molecule has 1 aromatic heterocycles. The summed E-state index contributed by atoms with van der Waals surface area (Å²) in [6.45, 7) is 5.04. The summed E-state index contributed by atoms with van der Waals surface area (Å²) < 4.78 is 0. The van der Waals surface area contributed by atoms with Crippen LogP contribution in [-0.4, -0.2) is 48.6 Å². The van der Waals surface area contributed by atoms with Crippen molar-refractivity contribution >= 4 is 11.8 Å². The number of nitrogens with one attached hydrogen (secondary N) is 1. The summed E-state index contributed by atoms with van der Waals surface area (Å²) in [5.74, 6) is 1.70. The maximum absolute atomic E-state index is 4.70. The molecule has 1 aliphatic heterocycles. The van der Waals surface area contributed by atoms with E-state index in [1.165, 1.54) is 11.1 Å². The predicted molar refractivity (Wildman–Crippen MR) is 95.0 cm³/mol. The largest absolute Gasteiger partial charge is 0.353 e. The number of likely N-dealkylation sites (N-methyl/N-ethyl adjacent to an activating group) is 1. The van der Waals surface area contributed by atoms with E-state index in [2.05, 4.69) is 65.4 Å². The number of nitrogens with zero attached hydrogens (tertiary/aromatic N) is 4. The van der Waals surface area contributed by atoms with E-state index in [0.717, 1.165) is 31.9 Å². The topological polar surface area (TPSA) is 44.3 Å². The van der Waals surface area contributed by atoms with Crippen LogP contribution in [0.25, 0.3) is 0 Å². The first-order valence-electron chi connectivity index (χ1n) is 8.21. The van der Waals surface area contributed by atoms with Gasteiger partial charge in [0.1, 0.15) is 5.82 Å². The van der Waals surface area contributed by atoms with Crippen molar-refractivity contribution < 1.29 is 0 Å². The molecule has 0 bridgehead atoms. The molecular formula is C18H25N5. The van der Waals surface area contributed by atoms with Crippen LogP contribution < -0.4 is 10.2 Å². The first kappa shape index (κ1) is 15.7. The van der Waals surface area contributed by atoms with Crippen LogP contribution in [-0.2, 0) is 6.42 Å². The highest BCUT2D eigenvalue weighted by atomic mass is 15.2. The van der Waals surface area contributed by atoms with Crippen molar-refractivity contribution in [3.63, 3.8) is 0 Å². The monoisotopic (exact) mass is 311 g/mol. The normalized spacial score (nSPS) is 17.2. The average molecular weight is 311 g/mol. The Balaban J connectivity index is 1.75. The molecule has 1 aromatic carbocycles. The minimum Gasteiger partial charge on any atom is -0.353 e. The number of hydrogen-bond acceptors (Lipinski definition) is 5. The van der Waals surface area contributed by atoms with Crippen LogP contribution in [0.5, 0.6) is 0 Å². The lowest BCUT2D eigenvalue weighted by molar-refractivity contribution is 0.425. The second-order valence-electron chi connectivity index (χ2n) is 6.29. The number of hydrogen-bond donors (Lipinski definition) is 1. The molecule has 1 aliphatic rings. The van der Waals surface area contributed by atoms with Gasteiger partial charge in [0.05, 0.1) is 6.04 Å². The van der Waals surface area contributed by atoms with Crippen molar-refractivity contribution in [3.8, 4) is 0 Å². The molecule has 0 spiro atoms. The summed E-state index contributed by atoms with van der Waals surface area (Å²) in [7, 11) is 4.12. The highest BCUT2D eigenvalue weighted by Gasteiger charge is 2.24. The average Bonchev–Trinajstić information content (AvgIpc) is 2.55. The molecule has 1 atom stereocenters. The van der Waals surface area contributed by atoms with Crippen LogP contribution in [0.1, 0.15) is 24.1 Å². The quantitative estimate of drug-likeness (QED) is 0.919. The molecule has 5 nitrogen and oxygen atoms in total. The lowest BCUT2D eigenvalue weighted by Gasteiger charge is -2.36. The zero-order valence-corrected chi connectivity index (χ0v) is 14.2. The smallest absolute Gasteiger partial charge is 0.224 e. The van der Waals surface area contributed by atoms with E-state index < -0.39 is 0 Å². The third kappa shape index (κ3) is 3.62. The summed E-state index contributed by atoms with van der Waals surface area (Å²) in [4.78, 5) is 13.5. The van der Waals surface area contributed by atoms with Crippen LogP contribution in [0.2, 0.25) is 0 Å². The fourth-order valence-corrected chi connectivity index (χ4v) is 3.07. The van der Waals surface area contributed by atoms with Gasteiger partial charge in [0, 0.05) is 25.8 Å². The Morgan fingerprint density at radius 1 is 1.26 bits per heavy atom. The van der Waals surface area contributed by atoms with Gasteiger partial charge in [-0.15, -0.1) is 0 Å². The van der Waals surface area contributed by atoms with E-state index >= 15 is 0 Å². The molecule has 0 saturated carbocycles. The highest BCUT2D eigenvalue weighted by Crippen LogP contribution is 2.32. The predicted octanol–water partition coefficient (Wildman–Crippen LogP) is 2.57. The molecule has 0 saturated heterocycles. The second kappa shape index (κ2) is 6.96. The lowest BCUT2D eigenvalue weighted by Crippen LogP contribution is -2.34. The van der Waals surface area contributed by atoms with Crippen LogP contribution in [0.3, 0.4) is 0 Å². The Bertz CT molecular complexity index is 655. The molecule has 0 radical (unpaired) electrons. The Hall–Kier alpha value is -2.14. The number of aromatic nitrogens is 2. The van der Waals surface area contributed by atoms with Crippen molar-refractivity contribution in [3.05, 3.63) is 47.7 Å². The third-order valence-corrected chi connectivity index (χ3v) is 4.37. The van der Waals surface area contributed by atoms with Gasteiger partial charge in [-0.3, -0.25) is 0 Å². The molecule has 0 aliphatic carbocycles. The highest BCUT2D eigenvalue weighted by molar-refractivity contribution is 5.48. The fraction of sp³-hybridized carbons (Fsp3) is 0.444.